The Hall–Kier alpha value is -15.2. The number of para-hydroxylation sites is 1. The van der Waals surface area contributed by atoms with E-state index in [9.17, 15) is 71.9 Å². The van der Waals surface area contributed by atoms with Crippen LogP contribution in [0.3, 0.4) is 0 Å². The molecule has 0 spiro atoms. The fraction of sp³-hybridized carbons (Fsp3) is 0.457. The number of carbonyl (C=O) groups is 4. The molecule has 135 heavy (non-hydrogen) atoms. The first-order valence-corrected chi connectivity index (χ1v) is 40.6. The minimum Gasteiger partial charge on any atom is -0.475 e. The van der Waals surface area contributed by atoms with E-state index < -0.39 is 48.6 Å². The number of alkyl halides is 12. The average Bonchev–Trinajstić information content (AvgIpc) is 1.62. The number of piperazine rings is 4. The Balaban J connectivity index is 0.000000224. The van der Waals surface area contributed by atoms with Crippen LogP contribution in [0.25, 0.3) is 49.5 Å². The Bertz CT molecular complexity index is 6090. The van der Waals surface area contributed by atoms with Crippen LogP contribution in [0.1, 0.15) is 41.5 Å². The van der Waals surface area contributed by atoms with Gasteiger partial charge in [0.05, 0.1) is 26.2 Å². The number of pyridine rings is 1. The summed E-state index contributed by atoms with van der Waals surface area (Å²) in [5.74, 6) is 18.2. The molecule has 4 aliphatic rings. The highest BCUT2D eigenvalue weighted by Crippen LogP contribution is 2.28. The van der Waals surface area contributed by atoms with Gasteiger partial charge in [0.1, 0.15) is 5.82 Å². The Labute approximate surface area is 760 Å². The third kappa shape index (κ3) is 29.1. The fourth-order valence-corrected chi connectivity index (χ4v) is 12.6. The number of aliphatic carboxylic acids is 4. The molecule has 11 N–H and O–H groups in total. The molecule has 42 nitrogen and oxygen atoms in total. The standard InChI is InChI=1S/C20H23N7O.C19H22N8O.C17H22N8O.C17H25N7O.4C2HF3O2/c1-3-4-12-27-16-17(24-20(27)26-13-10-21-11-14-26)23-19(25(2)18(16)28)22-15-8-6-5-7-9-15;1-3-4-11-27-15-16(24-19(27)26-12-9-20-10-13-26)23-18(25(2)17(15)28)22-14-7-5-6-8-21-14;1-5-6-9-25-13-14(21-17(25)24-10-7-19-8-11-24)20-16(22(3)12-18-2)23(4)15(13)26;1-5-6-9-24-13-14(21-17(24)23-10-7-18-8-11-23)20-16(19-12(2)3)22(4)15(13)25;4*3-2(4,5)1(6)7/h5-9,21H,10-14H2,1-2H3,(H,22,23);5-8,20H,9-13H2,1-2H3,(H,21,22,23);19H,7-12H2,1,3-4H3;12,18H,7-11H2,1-4H3,(H,19,20);4*(H,6,7). The van der Waals surface area contributed by atoms with Crippen molar-refractivity contribution in [1.82, 2.24) is 103 Å². The quantitative estimate of drug-likeness (QED) is 0.0351. The highest BCUT2D eigenvalue weighted by Gasteiger charge is 2.41. The van der Waals surface area contributed by atoms with Crippen LogP contribution in [0.2, 0.25) is 0 Å². The van der Waals surface area contributed by atoms with E-state index in [1.165, 1.54) is 13.7 Å². The van der Waals surface area contributed by atoms with Gasteiger partial charge in [0.15, 0.2) is 44.7 Å². The summed E-state index contributed by atoms with van der Waals surface area (Å²) < 4.78 is 140. The van der Waals surface area contributed by atoms with E-state index in [1.54, 1.807) is 78.6 Å². The molecule has 0 radical (unpaired) electrons. The van der Waals surface area contributed by atoms with Gasteiger partial charge in [0.25, 0.3) is 28.9 Å². The van der Waals surface area contributed by atoms with E-state index in [4.69, 9.17) is 56.1 Å². The summed E-state index contributed by atoms with van der Waals surface area (Å²) >= 11 is 0. The van der Waals surface area contributed by atoms with Crippen LogP contribution in [0, 0.1) is 53.9 Å². The second-order valence-corrected chi connectivity index (χ2v) is 28.8. The van der Waals surface area contributed by atoms with Gasteiger partial charge < -0.3 is 77.2 Å². The lowest BCUT2D eigenvalue weighted by Crippen LogP contribution is -2.44. The van der Waals surface area contributed by atoms with Gasteiger partial charge in [-0.25, -0.2) is 30.7 Å². The van der Waals surface area contributed by atoms with Crippen molar-refractivity contribution in [3.8, 4) is 47.4 Å². The third-order valence-corrected chi connectivity index (χ3v) is 19.0. The van der Waals surface area contributed by atoms with Gasteiger partial charge in [0.2, 0.25) is 47.6 Å². The molecule has 0 unspecified atom stereocenters. The van der Waals surface area contributed by atoms with Crippen LogP contribution in [0.15, 0.2) is 73.9 Å². The number of nitrogens with one attached hydrogen (secondary N) is 7. The van der Waals surface area contributed by atoms with E-state index in [2.05, 4.69) is 144 Å². The van der Waals surface area contributed by atoms with Crippen molar-refractivity contribution in [1.29, 1.82) is 0 Å². The molecular weight excluding hydrogens is 1810 g/mol. The normalized spacial score (nSPS) is 13.6. The van der Waals surface area contributed by atoms with Crippen molar-refractivity contribution in [2.75, 3.05) is 159 Å². The second kappa shape index (κ2) is 48.8. The molecule has 9 aromatic heterocycles. The molecule has 726 valence electrons. The van der Waals surface area contributed by atoms with Crippen LogP contribution < -0.4 is 84.0 Å². The number of imidazole rings is 4. The third-order valence-electron chi connectivity index (χ3n) is 19.0. The highest BCUT2D eigenvalue weighted by molar-refractivity contribution is 5.80. The van der Waals surface area contributed by atoms with E-state index in [-0.39, 0.29) is 34.9 Å². The molecule has 10 aromatic rings. The predicted octanol–water partition coefficient (Wildman–Crippen LogP) is 4.80. The first kappa shape index (κ1) is 107. The number of hydrogen-bond donors (Lipinski definition) is 11. The molecule has 0 bridgehead atoms. The van der Waals surface area contributed by atoms with Crippen molar-refractivity contribution >= 4 is 128 Å². The van der Waals surface area contributed by atoms with Crippen LogP contribution in [0.5, 0.6) is 0 Å². The zero-order valence-corrected chi connectivity index (χ0v) is 74.5. The summed E-state index contributed by atoms with van der Waals surface area (Å²) in [7, 11) is 8.54. The maximum Gasteiger partial charge on any atom is 0.490 e. The molecule has 0 amide bonds. The largest absolute Gasteiger partial charge is 0.490 e. The number of hydrogen-bond acceptors (Lipinski definition) is 29. The number of halogens is 12. The average molecular weight is 1910 g/mol. The van der Waals surface area contributed by atoms with Gasteiger partial charge in [0, 0.05) is 158 Å². The molecular formula is C81H96F12N30O12. The molecule has 1 aromatic carbocycles. The van der Waals surface area contributed by atoms with Crippen molar-refractivity contribution in [2.45, 2.75) is 98.5 Å². The predicted molar refractivity (Wildman–Crippen MR) is 476 cm³/mol. The molecule has 4 fully saturated rings. The Morgan fingerprint density at radius 3 is 0.978 bits per heavy atom. The maximum absolute atomic E-state index is 13.2. The lowest BCUT2D eigenvalue weighted by atomic mass is 10.3. The zero-order chi connectivity index (χ0) is 100.0. The van der Waals surface area contributed by atoms with Gasteiger partial charge >= 0.3 is 48.6 Å². The molecule has 0 aliphatic carbocycles. The maximum atomic E-state index is 13.2. The first-order valence-electron chi connectivity index (χ1n) is 40.6. The minimum atomic E-state index is -5.08. The Morgan fingerprint density at radius 2 is 0.704 bits per heavy atom. The highest BCUT2D eigenvalue weighted by atomic mass is 19.4. The molecule has 0 saturated carbocycles. The molecule has 14 rings (SSSR count). The number of anilines is 10. The number of rotatable bonds is 16. The zero-order valence-electron chi connectivity index (χ0n) is 74.5. The number of fused-ring (bicyclic) bond motifs is 4. The van der Waals surface area contributed by atoms with Crippen molar-refractivity contribution in [2.24, 2.45) is 28.2 Å². The molecule has 4 saturated heterocycles. The van der Waals surface area contributed by atoms with E-state index in [1.807, 2.05) is 80.6 Å². The first-order chi connectivity index (χ1) is 63.7. The van der Waals surface area contributed by atoms with Gasteiger partial charge in [-0.3, -0.25) is 65.5 Å². The summed E-state index contributed by atoms with van der Waals surface area (Å²) in [6.45, 7) is 33.6. The summed E-state index contributed by atoms with van der Waals surface area (Å²) in [6.07, 6.45) is -18.7. The van der Waals surface area contributed by atoms with Crippen LogP contribution in [-0.2, 0) is 73.5 Å². The summed E-state index contributed by atoms with van der Waals surface area (Å²) in [6, 6.07) is 15.4. The summed E-state index contributed by atoms with van der Waals surface area (Å²) in [5, 5.41) is 51.3. The number of carboxylic acids is 4. The lowest BCUT2D eigenvalue weighted by molar-refractivity contribution is -0.193. The second-order valence-electron chi connectivity index (χ2n) is 28.8. The molecule has 0 atom stereocenters. The molecule has 13 heterocycles. The minimum absolute atomic E-state index is 0.111. The van der Waals surface area contributed by atoms with Crippen LogP contribution >= 0.6 is 0 Å². The van der Waals surface area contributed by atoms with Crippen molar-refractivity contribution in [3.05, 3.63) is 108 Å². The van der Waals surface area contributed by atoms with Crippen LogP contribution in [0.4, 0.5) is 112 Å². The number of carboxylic acid groups (broad SMARTS) is 4. The Morgan fingerprint density at radius 1 is 0.430 bits per heavy atom. The fourth-order valence-electron chi connectivity index (χ4n) is 12.6. The van der Waals surface area contributed by atoms with Gasteiger partial charge in [-0.2, -0.15) is 92.6 Å². The van der Waals surface area contributed by atoms with E-state index >= 15 is 0 Å². The van der Waals surface area contributed by atoms with E-state index in [0.717, 1.165) is 134 Å². The summed E-state index contributed by atoms with van der Waals surface area (Å²) in [5.41, 5.74) is 3.87. The Kier molecular flexibility index (Phi) is 38.6. The topological polar surface area (TPSA) is 478 Å². The number of nitrogens with zero attached hydrogens (tertiary/aromatic N) is 23. The van der Waals surface area contributed by atoms with Gasteiger partial charge in [-0.1, -0.05) is 47.9 Å². The molecule has 54 heteroatoms. The molecule has 4 aliphatic heterocycles. The lowest BCUT2D eigenvalue weighted by Gasteiger charge is -2.28. The van der Waals surface area contributed by atoms with E-state index in [0.29, 0.717) is 100 Å². The monoisotopic (exact) mass is 1910 g/mol. The SMILES string of the molecule is CC#CCn1c(N2CCNCC2)nc2nc(NC(C)C)n(C)c(=O)c21.CC#CCn1c(N2CCNCC2)nc2nc(Nc3ccccc3)n(C)c(=O)c21.CC#CCn1c(N2CCNCC2)nc2nc(Nc3ccccn3)n(C)c(=O)c21.O=C(O)C(F)(F)F.O=C(O)C(F)(F)F.O=C(O)C(F)(F)F.O=C(O)C(F)(F)F.[C-]#[N+]CN(C)c1nc2nc(N3CCNCC3)n(CC#CC)c2c(=O)n1C. The summed E-state index contributed by atoms with van der Waals surface area (Å²) in [4.78, 5) is 143. The van der Waals surface area contributed by atoms with Crippen molar-refractivity contribution in [3.63, 3.8) is 0 Å². The number of aromatic nitrogens is 17. The smallest absolute Gasteiger partial charge is 0.475 e. The van der Waals surface area contributed by atoms with Crippen LogP contribution in [-0.4, -0.2) is 275 Å². The van der Waals surface area contributed by atoms with Crippen molar-refractivity contribution < 1.29 is 92.3 Å². The van der Waals surface area contributed by atoms with Gasteiger partial charge in [-0.05, 0) is 65.8 Å². The number of benzene rings is 1. The van der Waals surface area contributed by atoms with Gasteiger partial charge in [-0.15, -0.1) is 23.7 Å².